The molecular formula is C27H31N3O6. The molecule has 9 heteroatoms. The fourth-order valence-corrected chi connectivity index (χ4v) is 5.21. The lowest BCUT2D eigenvalue weighted by atomic mass is 9.75. The molecule has 36 heavy (non-hydrogen) atoms. The maximum Gasteiger partial charge on any atom is 0.408 e. The molecule has 3 N–H and O–H groups in total. The zero-order chi connectivity index (χ0) is 25.5. The van der Waals surface area contributed by atoms with Gasteiger partial charge in [-0.05, 0) is 17.5 Å². The summed E-state index contributed by atoms with van der Waals surface area (Å²) in [6, 6.07) is 18.4. The first kappa shape index (κ1) is 25.2. The fourth-order valence-electron chi connectivity index (χ4n) is 5.21. The molecule has 190 valence electrons. The highest BCUT2D eigenvalue weighted by molar-refractivity contribution is 5.87. The van der Waals surface area contributed by atoms with Crippen molar-refractivity contribution in [2.75, 3.05) is 32.7 Å². The topological polar surface area (TPSA) is 119 Å². The van der Waals surface area contributed by atoms with Gasteiger partial charge < -0.3 is 25.2 Å². The highest BCUT2D eigenvalue weighted by Gasteiger charge is 2.61. The number of nitrogens with zero attached hydrogens (tertiary/aromatic N) is 2. The van der Waals surface area contributed by atoms with Crippen LogP contribution in [0.2, 0.25) is 0 Å². The number of carboxylic acid groups (broad SMARTS) is 2. The molecular weight excluding hydrogens is 462 g/mol. The van der Waals surface area contributed by atoms with Crippen LogP contribution in [-0.2, 0) is 27.2 Å². The second-order valence-electron chi connectivity index (χ2n) is 9.13. The van der Waals surface area contributed by atoms with Gasteiger partial charge in [-0.15, -0.1) is 0 Å². The average Bonchev–Trinajstić information content (AvgIpc) is 3.20. The van der Waals surface area contributed by atoms with Gasteiger partial charge in [0.15, 0.2) is 5.54 Å². The Labute approximate surface area is 210 Å². The Balaban J connectivity index is 1.66. The summed E-state index contributed by atoms with van der Waals surface area (Å²) in [5, 5.41) is 23.8. The molecule has 0 saturated carbocycles. The lowest BCUT2D eigenvalue weighted by Crippen LogP contribution is -2.58. The van der Waals surface area contributed by atoms with Crippen LogP contribution in [0.25, 0.3) is 0 Å². The summed E-state index contributed by atoms with van der Waals surface area (Å²) in [4.78, 5) is 40.5. The van der Waals surface area contributed by atoms with Crippen molar-refractivity contribution in [2.45, 2.75) is 24.5 Å². The van der Waals surface area contributed by atoms with Crippen molar-refractivity contribution >= 4 is 18.0 Å². The number of hydrogen-bond donors (Lipinski definition) is 3. The third-order valence-electron chi connectivity index (χ3n) is 7.02. The van der Waals surface area contributed by atoms with E-state index in [0.29, 0.717) is 25.1 Å². The summed E-state index contributed by atoms with van der Waals surface area (Å²) >= 11 is 0. The number of aliphatic carboxylic acids is 1. The zero-order valence-corrected chi connectivity index (χ0v) is 20.0. The maximum atomic E-state index is 12.9. The molecule has 2 fully saturated rings. The molecule has 0 bridgehead atoms. The molecule has 4 rings (SSSR count). The van der Waals surface area contributed by atoms with Crippen molar-refractivity contribution < 1.29 is 29.3 Å². The predicted molar refractivity (Wildman–Crippen MR) is 132 cm³/mol. The number of likely N-dealkylation sites (tertiary alicyclic amines) is 1. The van der Waals surface area contributed by atoms with Crippen molar-refractivity contribution in [1.29, 1.82) is 0 Å². The molecule has 0 radical (unpaired) electrons. The zero-order valence-electron chi connectivity index (χ0n) is 20.0. The summed E-state index contributed by atoms with van der Waals surface area (Å²) in [5.41, 5.74) is -0.151. The van der Waals surface area contributed by atoms with Crippen LogP contribution >= 0.6 is 0 Å². The van der Waals surface area contributed by atoms with Gasteiger partial charge in [-0.2, -0.15) is 0 Å². The number of piperazine rings is 1. The Bertz CT molecular complexity index is 1090. The lowest BCUT2D eigenvalue weighted by Gasteiger charge is -2.37. The van der Waals surface area contributed by atoms with Gasteiger partial charge in [-0.25, -0.2) is 9.59 Å². The largest absolute Gasteiger partial charge is 0.496 e. The number of amides is 2. The van der Waals surface area contributed by atoms with Gasteiger partial charge in [-0.1, -0.05) is 60.7 Å². The van der Waals surface area contributed by atoms with Crippen molar-refractivity contribution in [1.82, 2.24) is 15.1 Å². The Morgan fingerprint density at radius 1 is 0.972 bits per heavy atom. The van der Waals surface area contributed by atoms with E-state index < -0.39 is 29.6 Å². The summed E-state index contributed by atoms with van der Waals surface area (Å²) < 4.78 is 5.96. The van der Waals surface area contributed by atoms with Crippen LogP contribution in [0.5, 0.6) is 0 Å². The van der Waals surface area contributed by atoms with E-state index in [1.54, 1.807) is 29.2 Å². The van der Waals surface area contributed by atoms with Crippen LogP contribution in [0.15, 0.2) is 73.0 Å². The van der Waals surface area contributed by atoms with Crippen LogP contribution < -0.4 is 5.32 Å². The van der Waals surface area contributed by atoms with E-state index in [4.69, 9.17) is 4.74 Å². The van der Waals surface area contributed by atoms with Crippen LogP contribution in [0, 0.1) is 5.92 Å². The summed E-state index contributed by atoms with van der Waals surface area (Å²) in [5.74, 6) is -2.12. The van der Waals surface area contributed by atoms with Crippen LogP contribution in [-0.4, -0.2) is 82.3 Å². The summed E-state index contributed by atoms with van der Waals surface area (Å²) in [6.45, 7) is 2.50. The molecule has 2 aromatic carbocycles. The van der Waals surface area contributed by atoms with Gasteiger partial charge in [0.1, 0.15) is 6.10 Å². The molecule has 2 amide bonds. The highest BCUT2D eigenvalue weighted by atomic mass is 16.5. The number of carbonyl (C=O) groups excluding carboxylic acids is 1. The number of nitrogens with one attached hydrogen (secondary N) is 1. The third kappa shape index (κ3) is 5.36. The Morgan fingerprint density at radius 3 is 2.17 bits per heavy atom. The number of ether oxygens (including phenoxy) is 1. The highest BCUT2D eigenvalue weighted by Crippen LogP contribution is 2.42. The average molecular weight is 494 g/mol. The molecule has 0 spiro atoms. The van der Waals surface area contributed by atoms with E-state index in [1.165, 1.54) is 12.3 Å². The first-order valence-corrected chi connectivity index (χ1v) is 12.1. The lowest BCUT2D eigenvalue weighted by molar-refractivity contribution is -0.151. The van der Waals surface area contributed by atoms with E-state index in [9.17, 15) is 24.6 Å². The predicted octanol–water partition coefficient (Wildman–Crippen LogP) is 2.24. The van der Waals surface area contributed by atoms with Gasteiger partial charge in [-0.3, -0.25) is 9.69 Å². The van der Waals surface area contributed by atoms with Crippen molar-refractivity contribution in [3.05, 3.63) is 84.1 Å². The minimum atomic E-state index is -1.75. The minimum Gasteiger partial charge on any atom is -0.496 e. The van der Waals surface area contributed by atoms with Crippen LogP contribution in [0.3, 0.4) is 0 Å². The third-order valence-corrected chi connectivity index (χ3v) is 7.02. The molecule has 0 aliphatic carbocycles. The molecule has 2 saturated heterocycles. The van der Waals surface area contributed by atoms with E-state index in [-0.39, 0.29) is 18.9 Å². The van der Waals surface area contributed by atoms with Gasteiger partial charge in [0.25, 0.3) is 0 Å². The molecule has 1 unspecified atom stereocenters. The normalized spacial score (nSPS) is 24.1. The Kier molecular flexibility index (Phi) is 7.90. The van der Waals surface area contributed by atoms with Gasteiger partial charge in [0.2, 0.25) is 5.91 Å². The number of rotatable bonds is 8. The van der Waals surface area contributed by atoms with Gasteiger partial charge in [0, 0.05) is 44.6 Å². The summed E-state index contributed by atoms with van der Waals surface area (Å²) in [7, 11) is 0. The van der Waals surface area contributed by atoms with Gasteiger partial charge in [0.05, 0.1) is 12.8 Å². The number of benzene rings is 2. The second kappa shape index (κ2) is 11.3. The number of carboxylic acids is 1. The molecule has 9 nitrogen and oxygen atoms in total. The number of carbonyl (C=O) groups is 3. The molecule has 2 aliphatic heterocycles. The van der Waals surface area contributed by atoms with Gasteiger partial charge >= 0.3 is 12.1 Å². The molecule has 2 aliphatic rings. The number of hydrogen-bond acceptors (Lipinski definition) is 5. The van der Waals surface area contributed by atoms with E-state index in [0.717, 1.165) is 23.6 Å². The fraction of sp³-hybridized carbons (Fsp3) is 0.370. The van der Waals surface area contributed by atoms with Crippen molar-refractivity contribution in [3.63, 3.8) is 0 Å². The van der Waals surface area contributed by atoms with Crippen LogP contribution in [0.1, 0.15) is 11.1 Å². The smallest absolute Gasteiger partial charge is 0.408 e. The first-order chi connectivity index (χ1) is 17.4. The SMILES string of the molecule is O=C(C=CO[C@@H]1CN(C(=O)O)[C@](Cc2ccccc2)(C(=O)O)C1Cc1ccccc1)N1CCNCC1. The monoisotopic (exact) mass is 493 g/mol. The standard InChI is InChI=1S/C27H31N3O6/c31-24(29-14-12-28-13-15-29)11-16-36-23-19-30(26(34)35)27(25(32)33,18-21-9-5-2-6-10-21)22(23)17-20-7-3-1-4-8-20/h1-11,16,22-23,28H,12-15,17-19H2,(H,32,33)(H,34,35)/t22?,23-,27+/m1/s1. The first-order valence-electron chi connectivity index (χ1n) is 12.1. The van der Waals surface area contributed by atoms with E-state index in [2.05, 4.69) is 5.32 Å². The Hall–Kier alpha value is -3.85. The molecule has 2 heterocycles. The van der Waals surface area contributed by atoms with E-state index in [1.807, 2.05) is 36.4 Å². The van der Waals surface area contributed by atoms with Crippen molar-refractivity contribution in [3.8, 4) is 0 Å². The molecule has 3 atom stereocenters. The molecule has 0 aromatic heterocycles. The maximum absolute atomic E-state index is 12.9. The van der Waals surface area contributed by atoms with Crippen LogP contribution in [0.4, 0.5) is 4.79 Å². The molecule has 2 aromatic rings. The van der Waals surface area contributed by atoms with E-state index >= 15 is 0 Å². The Morgan fingerprint density at radius 2 is 1.58 bits per heavy atom. The quantitative estimate of drug-likeness (QED) is 0.381. The minimum absolute atomic E-state index is 0.00371. The second-order valence-corrected chi connectivity index (χ2v) is 9.13. The van der Waals surface area contributed by atoms with Crippen molar-refractivity contribution in [2.24, 2.45) is 5.92 Å². The summed E-state index contributed by atoms with van der Waals surface area (Å²) in [6.07, 6.45) is 0.831.